The quantitative estimate of drug-likeness (QED) is 0.485. The van der Waals surface area contributed by atoms with E-state index in [1.54, 1.807) is 12.1 Å². The first kappa shape index (κ1) is 19.0. The van der Waals surface area contributed by atoms with E-state index in [1.165, 1.54) is 5.56 Å². The van der Waals surface area contributed by atoms with Crippen LogP contribution in [0.15, 0.2) is 42.5 Å². The molecule has 3 rings (SSSR count). The van der Waals surface area contributed by atoms with Gasteiger partial charge in [0.05, 0.1) is 10.6 Å². The normalized spacial score (nSPS) is 16.0. The fourth-order valence-corrected chi connectivity index (χ4v) is 4.11. The molecule has 0 radical (unpaired) electrons. The molecule has 0 unspecified atom stereocenters. The van der Waals surface area contributed by atoms with E-state index in [2.05, 4.69) is 57.1 Å². The molecule has 0 aliphatic carbocycles. The molecule has 0 spiro atoms. The van der Waals surface area contributed by atoms with Gasteiger partial charge in [0.15, 0.2) is 0 Å². The maximum atomic E-state index is 12.6. The predicted octanol–water partition coefficient (Wildman–Crippen LogP) is 4.99. The van der Waals surface area contributed by atoms with Crippen molar-refractivity contribution in [2.75, 3.05) is 13.1 Å². The zero-order chi connectivity index (χ0) is 17.8. The number of rotatable bonds is 4. The lowest BCUT2D eigenvalue weighted by Crippen LogP contribution is -2.44. The van der Waals surface area contributed by atoms with Gasteiger partial charge in [-0.2, -0.15) is 0 Å². The van der Waals surface area contributed by atoms with E-state index < -0.39 is 0 Å². The molecular weight excluding hydrogens is 470 g/mol. The maximum Gasteiger partial charge on any atom is 0.252 e. The first-order valence-corrected chi connectivity index (χ1v) is 10.1. The van der Waals surface area contributed by atoms with E-state index in [4.69, 9.17) is 23.2 Å². The molecule has 1 aliphatic rings. The monoisotopic (exact) mass is 488 g/mol. The number of halogens is 3. The minimum Gasteiger partial charge on any atom is -0.349 e. The second-order valence-corrected chi connectivity index (χ2v) is 8.18. The van der Waals surface area contributed by atoms with Gasteiger partial charge in [-0.3, -0.25) is 9.69 Å². The van der Waals surface area contributed by atoms with Gasteiger partial charge in [0.1, 0.15) is 0 Å². The van der Waals surface area contributed by atoms with Crippen LogP contribution in [0.5, 0.6) is 0 Å². The molecule has 1 aliphatic heterocycles. The van der Waals surface area contributed by atoms with Crippen LogP contribution in [0.1, 0.15) is 28.8 Å². The molecule has 0 aromatic heterocycles. The molecule has 1 amide bonds. The number of carbonyl (C=O) groups is 1. The molecule has 2 aromatic rings. The molecule has 132 valence electrons. The fourth-order valence-electron chi connectivity index (χ4n) is 3.06. The highest BCUT2D eigenvalue weighted by molar-refractivity contribution is 14.1. The Morgan fingerprint density at radius 1 is 1.16 bits per heavy atom. The first-order valence-electron chi connectivity index (χ1n) is 8.24. The fraction of sp³-hybridized carbons (Fsp3) is 0.316. The zero-order valence-electron chi connectivity index (χ0n) is 13.6. The molecule has 0 saturated carbocycles. The average molecular weight is 489 g/mol. The summed E-state index contributed by atoms with van der Waals surface area (Å²) in [5.74, 6) is -0.102. The standard InChI is InChI=1S/C19H19Cl2IN2O/c20-14-10-16(18(22)17(21)11-14)19(25)23-15-6-8-24(9-7-15)12-13-4-2-1-3-5-13/h1-5,10-11,15H,6-9,12H2,(H,23,25). The van der Waals surface area contributed by atoms with Crippen LogP contribution < -0.4 is 5.32 Å². The molecular formula is C19H19Cl2IN2O. The third-order valence-corrected chi connectivity index (χ3v) is 6.41. The Morgan fingerprint density at radius 3 is 2.52 bits per heavy atom. The van der Waals surface area contributed by atoms with Crippen LogP contribution in [0.25, 0.3) is 0 Å². The summed E-state index contributed by atoms with van der Waals surface area (Å²) in [5, 5.41) is 4.12. The van der Waals surface area contributed by atoms with Crippen LogP contribution >= 0.6 is 45.8 Å². The summed E-state index contributed by atoms with van der Waals surface area (Å²) >= 11 is 14.2. The van der Waals surface area contributed by atoms with Gasteiger partial charge in [0, 0.05) is 34.3 Å². The maximum absolute atomic E-state index is 12.6. The zero-order valence-corrected chi connectivity index (χ0v) is 17.3. The summed E-state index contributed by atoms with van der Waals surface area (Å²) in [6.07, 6.45) is 1.90. The predicted molar refractivity (Wildman–Crippen MR) is 111 cm³/mol. The first-order chi connectivity index (χ1) is 12.0. The summed E-state index contributed by atoms with van der Waals surface area (Å²) in [5.41, 5.74) is 1.87. The molecule has 6 heteroatoms. The minimum atomic E-state index is -0.102. The number of carbonyl (C=O) groups excluding carboxylic acids is 1. The van der Waals surface area contributed by atoms with Crippen LogP contribution in [-0.4, -0.2) is 29.9 Å². The van der Waals surface area contributed by atoms with Crippen molar-refractivity contribution in [3.63, 3.8) is 0 Å². The van der Waals surface area contributed by atoms with E-state index in [0.717, 1.165) is 36.0 Å². The Morgan fingerprint density at radius 2 is 1.84 bits per heavy atom. The van der Waals surface area contributed by atoms with Gasteiger partial charge in [-0.25, -0.2) is 0 Å². The molecule has 0 bridgehead atoms. The highest BCUT2D eigenvalue weighted by atomic mass is 127. The highest BCUT2D eigenvalue weighted by Crippen LogP contribution is 2.27. The summed E-state index contributed by atoms with van der Waals surface area (Å²) in [7, 11) is 0. The van der Waals surface area contributed by atoms with Crippen molar-refractivity contribution in [1.29, 1.82) is 0 Å². The van der Waals surface area contributed by atoms with Crippen molar-refractivity contribution >= 4 is 51.7 Å². The second kappa shape index (κ2) is 8.71. The van der Waals surface area contributed by atoms with Crippen molar-refractivity contribution in [3.8, 4) is 0 Å². The van der Waals surface area contributed by atoms with Gasteiger partial charge >= 0.3 is 0 Å². The molecule has 1 heterocycles. The van der Waals surface area contributed by atoms with Crippen molar-refractivity contribution < 1.29 is 4.79 Å². The lowest BCUT2D eigenvalue weighted by molar-refractivity contribution is 0.0908. The SMILES string of the molecule is O=C(NC1CCN(Cc2ccccc2)CC1)c1cc(Cl)cc(Cl)c1I. The number of piperidine rings is 1. The van der Waals surface area contributed by atoms with Crippen molar-refractivity contribution in [2.24, 2.45) is 0 Å². The molecule has 1 saturated heterocycles. The largest absolute Gasteiger partial charge is 0.349 e. The van der Waals surface area contributed by atoms with Gasteiger partial charge < -0.3 is 5.32 Å². The average Bonchev–Trinajstić information content (AvgIpc) is 2.60. The number of amides is 1. The van der Waals surface area contributed by atoms with E-state index in [-0.39, 0.29) is 11.9 Å². The van der Waals surface area contributed by atoms with Gasteiger partial charge in [-0.15, -0.1) is 0 Å². The van der Waals surface area contributed by atoms with Crippen LogP contribution in [0.4, 0.5) is 0 Å². The number of hydrogen-bond donors (Lipinski definition) is 1. The Hall–Kier alpha value is -0.820. The molecule has 3 nitrogen and oxygen atoms in total. The lowest BCUT2D eigenvalue weighted by atomic mass is 10.0. The number of nitrogens with one attached hydrogen (secondary N) is 1. The highest BCUT2D eigenvalue weighted by Gasteiger charge is 2.22. The number of nitrogens with zero attached hydrogens (tertiary/aromatic N) is 1. The van der Waals surface area contributed by atoms with Crippen molar-refractivity contribution in [1.82, 2.24) is 10.2 Å². The van der Waals surface area contributed by atoms with Gasteiger partial charge in [-0.05, 0) is 53.1 Å². The van der Waals surface area contributed by atoms with Crippen LogP contribution in [0.2, 0.25) is 10.0 Å². The van der Waals surface area contributed by atoms with E-state index >= 15 is 0 Å². The van der Waals surface area contributed by atoms with Crippen molar-refractivity contribution in [2.45, 2.75) is 25.4 Å². The topological polar surface area (TPSA) is 32.3 Å². The molecule has 1 fully saturated rings. The molecule has 1 N–H and O–H groups in total. The molecule has 0 atom stereocenters. The summed E-state index contributed by atoms with van der Waals surface area (Å²) in [4.78, 5) is 15.0. The van der Waals surface area contributed by atoms with E-state index in [1.807, 2.05) is 6.07 Å². The third kappa shape index (κ3) is 5.09. The van der Waals surface area contributed by atoms with Crippen LogP contribution in [0, 0.1) is 3.57 Å². The van der Waals surface area contributed by atoms with Gasteiger partial charge in [0.2, 0.25) is 0 Å². The second-order valence-electron chi connectivity index (χ2n) is 6.26. The third-order valence-electron chi connectivity index (χ3n) is 4.41. The lowest BCUT2D eigenvalue weighted by Gasteiger charge is -2.32. The number of benzene rings is 2. The van der Waals surface area contributed by atoms with Crippen LogP contribution in [0.3, 0.4) is 0 Å². The Labute approximate surface area is 171 Å². The summed E-state index contributed by atoms with van der Waals surface area (Å²) in [6, 6.07) is 14.0. The number of hydrogen-bond acceptors (Lipinski definition) is 2. The Kier molecular flexibility index (Phi) is 6.61. The molecule has 25 heavy (non-hydrogen) atoms. The van der Waals surface area contributed by atoms with Crippen molar-refractivity contribution in [3.05, 3.63) is 67.2 Å². The molecule has 2 aromatic carbocycles. The Bertz CT molecular complexity index is 747. The number of likely N-dealkylation sites (tertiary alicyclic amines) is 1. The summed E-state index contributed by atoms with van der Waals surface area (Å²) < 4.78 is 0.739. The Balaban J connectivity index is 1.55. The summed E-state index contributed by atoms with van der Waals surface area (Å²) in [6.45, 7) is 2.92. The smallest absolute Gasteiger partial charge is 0.252 e. The van der Waals surface area contributed by atoms with Gasteiger partial charge in [-0.1, -0.05) is 53.5 Å². The van der Waals surface area contributed by atoms with Gasteiger partial charge in [0.25, 0.3) is 5.91 Å². The van der Waals surface area contributed by atoms with E-state index in [9.17, 15) is 4.79 Å². The van der Waals surface area contributed by atoms with E-state index in [0.29, 0.717) is 15.6 Å². The van der Waals surface area contributed by atoms with Crippen LogP contribution in [-0.2, 0) is 6.54 Å². The minimum absolute atomic E-state index is 0.102.